The highest BCUT2D eigenvalue weighted by molar-refractivity contribution is 7.09. The fourth-order valence-corrected chi connectivity index (χ4v) is 3.67. The molecule has 0 saturated heterocycles. The molecule has 0 saturated carbocycles. The molecule has 1 amide bonds. The van der Waals surface area contributed by atoms with Crippen LogP contribution in [0, 0.1) is 0 Å². The molecule has 6 nitrogen and oxygen atoms in total. The molecule has 0 spiro atoms. The minimum absolute atomic E-state index is 0.164. The molecule has 0 unspecified atom stereocenters. The molecule has 3 rings (SSSR count). The van der Waals surface area contributed by atoms with Gasteiger partial charge in [0.25, 0.3) is 5.91 Å². The van der Waals surface area contributed by atoms with Crippen LogP contribution in [0.25, 0.3) is 0 Å². The maximum absolute atomic E-state index is 12.4. The van der Waals surface area contributed by atoms with Gasteiger partial charge in [-0.15, -0.1) is 11.3 Å². The van der Waals surface area contributed by atoms with Crippen LogP contribution >= 0.6 is 11.3 Å². The molecule has 1 heterocycles. The first kappa shape index (κ1) is 20.7. The van der Waals surface area contributed by atoms with E-state index in [1.165, 1.54) is 11.3 Å². The normalized spacial score (nSPS) is 10.4. The molecule has 3 aromatic rings. The van der Waals surface area contributed by atoms with E-state index in [4.69, 9.17) is 14.2 Å². The number of ether oxygens (including phenoxy) is 3. The fraction of sp³-hybridized carbons (Fsp3) is 0.273. The van der Waals surface area contributed by atoms with E-state index < -0.39 is 0 Å². The summed E-state index contributed by atoms with van der Waals surface area (Å²) >= 11 is 1.49. The Morgan fingerprint density at radius 1 is 0.966 bits per heavy atom. The van der Waals surface area contributed by atoms with Crippen LogP contribution in [-0.2, 0) is 12.8 Å². The summed E-state index contributed by atoms with van der Waals surface area (Å²) in [6.07, 6.45) is 1.38. The van der Waals surface area contributed by atoms with E-state index in [9.17, 15) is 4.79 Å². The summed E-state index contributed by atoms with van der Waals surface area (Å²) in [5.41, 5.74) is 2.63. The number of rotatable bonds is 9. The van der Waals surface area contributed by atoms with Crippen molar-refractivity contribution in [2.45, 2.75) is 12.8 Å². The highest BCUT2D eigenvalue weighted by Gasteiger charge is 2.11. The third kappa shape index (κ3) is 5.48. The number of nitrogens with zero attached hydrogens (tertiary/aromatic N) is 1. The highest BCUT2D eigenvalue weighted by atomic mass is 32.1. The molecule has 0 aliphatic heterocycles. The van der Waals surface area contributed by atoms with Crippen molar-refractivity contribution >= 4 is 17.2 Å². The largest absolute Gasteiger partial charge is 0.497 e. The van der Waals surface area contributed by atoms with E-state index in [2.05, 4.69) is 10.3 Å². The van der Waals surface area contributed by atoms with Crippen molar-refractivity contribution in [2.75, 3.05) is 27.9 Å². The van der Waals surface area contributed by atoms with Crippen molar-refractivity contribution < 1.29 is 19.0 Å². The van der Waals surface area contributed by atoms with Crippen LogP contribution in [0.5, 0.6) is 17.2 Å². The maximum atomic E-state index is 12.4. The van der Waals surface area contributed by atoms with Crippen LogP contribution in [0.15, 0.2) is 47.8 Å². The highest BCUT2D eigenvalue weighted by Crippen LogP contribution is 2.27. The number of benzene rings is 2. The van der Waals surface area contributed by atoms with Gasteiger partial charge in [0, 0.05) is 18.3 Å². The van der Waals surface area contributed by atoms with Gasteiger partial charge in [-0.25, -0.2) is 4.98 Å². The molecule has 29 heavy (non-hydrogen) atoms. The zero-order chi connectivity index (χ0) is 20.6. The van der Waals surface area contributed by atoms with E-state index in [1.54, 1.807) is 26.7 Å². The lowest BCUT2D eigenvalue weighted by Gasteiger charge is -2.09. The lowest BCUT2D eigenvalue weighted by molar-refractivity contribution is 0.0949. The number of carbonyl (C=O) groups is 1. The number of hydrogen-bond donors (Lipinski definition) is 1. The number of aromatic nitrogens is 1. The Balaban J connectivity index is 1.52. The number of thiazole rings is 1. The van der Waals surface area contributed by atoms with Gasteiger partial charge in [0.15, 0.2) is 11.5 Å². The smallest absolute Gasteiger partial charge is 0.270 e. The monoisotopic (exact) mass is 412 g/mol. The molecule has 7 heteroatoms. The van der Waals surface area contributed by atoms with Gasteiger partial charge in [-0.1, -0.05) is 18.2 Å². The summed E-state index contributed by atoms with van der Waals surface area (Å²) < 4.78 is 15.7. The molecule has 0 aliphatic rings. The van der Waals surface area contributed by atoms with Gasteiger partial charge in [0.2, 0.25) is 0 Å². The van der Waals surface area contributed by atoms with E-state index >= 15 is 0 Å². The quantitative estimate of drug-likeness (QED) is 0.580. The Morgan fingerprint density at radius 3 is 2.38 bits per heavy atom. The third-order valence-corrected chi connectivity index (χ3v) is 5.29. The Bertz CT molecular complexity index is 954. The summed E-state index contributed by atoms with van der Waals surface area (Å²) in [4.78, 5) is 16.8. The minimum atomic E-state index is -0.164. The van der Waals surface area contributed by atoms with Crippen LogP contribution in [0.3, 0.4) is 0 Å². The van der Waals surface area contributed by atoms with Crippen molar-refractivity contribution in [1.29, 1.82) is 0 Å². The first-order chi connectivity index (χ1) is 14.1. The Morgan fingerprint density at radius 2 is 1.69 bits per heavy atom. The second kappa shape index (κ2) is 9.93. The number of nitrogens with one attached hydrogen (secondary N) is 1. The number of amides is 1. The summed E-state index contributed by atoms with van der Waals surface area (Å²) in [6, 6.07) is 13.6. The van der Waals surface area contributed by atoms with E-state index in [0.29, 0.717) is 36.6 Å². The molecule has 0 bridgehead atoms. The topological polar surface area (TPSA) is 69.7 Å². The summed E-state index contributed by atoms with van der Waals surface area (Å²) in [5, 5.41) is 5.62. The second-order valence-corrected chi connectivity index (χ2v) is 7.29. The van der Waals surface area contributed by atoms with Crippen molar-refractivity contribution in [2.24, 2.45) is 0 Å². The van der Waals surface area contributed by atoms with E-state index in [0.717, 1.165) is 21.9 Å². The minimum Gasteiger partial charge on any atom is -0.497 e. The van der Waals surface area contributed by atoms with Crippen molar-refractivity contribution in [3.63, 3.8) is 0 Å². The third-order valence-electron chi connectivity index (χ3n) is 4.45. The number of hydrogen-bond acceptors (Lipinski definition) is 6. The predicted molar refractivity (Wildman–Crippen MR) is 113 cm³/mol. The first-order valence-electron chi connectivity index (χ1n) is 9.19. The second-order valence-electron chi connectivity index (χ2n) is 6.35. The van der Waals surface area contributed by atoms with Crippen LogP contribution in [0.2, 0.25) is 0 Å². The molecular weight excluding hydrogens is 388 g/mol. The van der Waals surface area contributed by atoms with Gasteiger partial charge in [0.1, 0.15) is 11.4 Å². The molecule has 0 radical (unpaired) electrons. The van der Waals surface area contributed by atoms with Crippen molar-refractivity contribution in [1.82, 2.24) is 10.3 Å². The van der Waals surface area contributed by atoms with Gasteiger partial charge in [-0.05, 0) is 41.8 Å². The summed E-state index contributed by atoms with van der Waals surface area (Å²) in [7, 11) is 4.86. The zero-order valence-corrected chi connectivity index (χ0v) is 17.5. The lowest BCUT2D eigenvalue weighted by atomic mass is 10.1. The van der Waals surface area contributed by atoms with Crippen LogP contribution in [0.1, 0.15) is 26.6 Å². The molecule has 152 valence electrons. The fourth-order valence-electron chi connectivity index (χ4n) is 2.86. The van der Waals surface area contributed by atoms with Crippen molar-refractivity contribution in [3.8, 4) is 17.2 Å². The Kier molecular flexibility index (Phi) is 7.08. The average Bonchev–Trinajstić information content (AvgIpc) is 3.22. The standard InChI is InChI=1S/C22H24N2O4S/c1-26-17-7-4-15(5-8-17)13-21-24-18(14-29-21)22(25)23-11-10-16-6-9-19(27-2)20(12-16)28-3/h4-9,12,14H,10-11,13H2,1-3H3,(H,23,25). The molecular formula is C22H24N2O4S. The lowest BCUT2D eigenvalue weighted by Crippen LogP contribution is -2.26. The van der Waals surface area contributed by atoms with Crippen LogP contribution < -0.4 is 19.5 Å². The molecule has 0 atom stereocenters. The maximum Gasteiger partial charge on any atom is 0.270 e. The number of carbonyl (C=O) groups excluding carboxylic acids is 1. The van der Waals surface area contributed by atoms with Gasteiger partial charge >= 0.3 is 0 Å². The number of methoxy groups -OCH3 is 3. The van der Waals surface area contributed by atoms with Crippen molar-refractivity contribution in [3.05, 3.63) is 69.7 Å². The molecule has 0 aliphatic carbocycles. The van der Waals surface area contributed by atoms with E-state index in [1.807, 2.05) is 42.5 Å². The van der Waals surface area contributed by atoms with E-state index in [-0.39, 0.29) is 5.91 Å². The first-order valence-corrected chi connectivity index (χ1v) is 10.1. The molecule has 2 aromatic carbocycles. The molecule has 1 N–H and O–H groups in total. The molecule has 1 aromatic heterocycles. The Labute approximate surface area is 174 Å². The van der Waals surface area contributed by atoms with Crippen LogP contribution in [-0.4, -0.2) is 38.8 Å². The average molecular weight is 413 g/mol. The van der Waals surface area contributed by atoms with Gasteiger partial charge < -0.3 is 19.5 Å². The summed E-state index contributed by atoms with van der Waals surface area (Å²) in [5.74, 6) is 2.02. The SMILES string of the molecule is COc1ccc(Cc2nc(C(=O)NCCc3ccc(OC)c(OC)c3)cs2)cc1. The van der Waals surface area contributed by atoms with Gasteiger partial charge in [-0.2, -0.15) is 0 Å². The zero-order valence-electron chi connectivity index (χ0n) is 16.7. The predicted octanol–water partition coefficient (Wildman–Crippen LogP) is 3.73. The molecule has 0 fully saturated rings. The van der Waals surface area contributed by atoms with Gasteiger partial charge in [0.05, 0.1) is 26.3 Å². The van der Waals surface area contributed by atoms with Gasteiger partial charge in [-0.3, -0.25) is 4.79 Å². The van der Waals surface area contributed by atoms with Crippen LogP contribution in [0.4, 0.5) is 0 Å². The summed E-state index contributed by atoms with van der Waals surface area (Å²) in [6.45, 7) is 0.514. The Hall–Kier alpha value is -3.06.